The molecule has 7 nitrogen and oxygen atoms in total. The summed E-state index contributed by atoms with van der Waals surface area (Å²) in [4.78, 5) is 43.7. The van der Waals surface area contributed by atoms with Crippen LogP contribution >= 0.6 is 0 Å². The Kier molecular flexibility index (Phi) is 7.45. The van der Waals surface area contributed by atoms with Crippen molar-refractivity contribution in [3.05, 3.63) is 59.9 Å². The van der Waals surface area contributed by atoms with E-state index in [0.29, 0.717) is 24.5 Å². The first-order valence-electron chi connectivity index (χ1n) is 10.2. The van der Waals surface area contributed by atoms with E-state index < -0.39 is 24.4 Å². The summed E-state index contributed by atoms with van der Waals surface area (Å²) in [6.45, 7) is 0.751. The monoisotopic (exact) mass is 448 g/mol. The number of amides is 3. The van der Waals surface area contributed by atoms with Gasteiger partial charge in [0.15, 0.2) is 5.78 Å². The van der Waals surface area contributed by atoms with E-state index in [9.17, 15) is 27.6 Å². The van der Waals surface area contributed by atoms with Gasteiger partial charge in [-0.1, -0.05) is 18.2 Å². The fourth-order valence-corrected chi connectivity index (χ4v) is 3.34. The number of nitrogens with one attached hydrogen (secondary N) is 1. The number of carbonyl (C=O) groups excluding carboxylic acids is 3. The summed E-state index contributed by atoms with van der Waals surface area (Å²) in [6.07, 6.45) is -0.825. The van der Waals surface area contributed by atoms with Crippen molar-refractivity contribution in [3.8, 4) is 0 Å². The molecule has 3 amide bonds. The number of hydrogen-bond donors (Lipinski definition) is 1. The van der Waals surface area contributed by atoms with Gasteiger partial charge in [0.05, 0.1) is 18.8 Å². The maximum Gasteiger partial charge on any atom is 0.471 e. The lowest BCUT2D eigenvalue weighted by molar-refractivity contribution is -0.173. The fraction of sp³-hybridized carbons (Fsp3) is 0.364. The zero-order valence-electron chi connectivity index (χ0n) is 17.3. The highest BCUT2D eigenvalue weighted by atomic mass is 19.4. The SMILES string of the molecule is O=C(CNC(=O)C(F)(F)F)c1ccc(CN(C(=O)N2CCCCC2)c2ccccc2)nc1. The van der Waals surface area contributed by atoms with Gasteiger partial charge >= 0.3 is 18.1 Å². The lowest BCUT2D eigenvalue weighted by Crippen LogP contribution is -2.45. The average Bonchev–Trinajstić information content (AvgIpc) is 2.81. The van der Waals surface area contributed by atoms with E-state index in [2.05, 4.69) is 4.98 Å². The van der Waals surface area contributed by atoms with E-state index in [1.165, 1.54) is 18.3 Å². The number of likely N-dealkylation sites (tertiary alicyclic amines) is 1. The van der Waals surface area contributed by atoms with E-state index >= 15 is 0 Å². The molecule has 2 heterocycles. The minimum atomic E-state index is -5.05. The summed E-state index contributed by atoms with van der Waals surface area (Å²) >= 11 is 0. The van der Waals surface area contributed by atoms with Crippen LogP contribution in [0.5, 0.6) is 0 Å². The van der Waals surface area contributed by atoms with Crippen LogP contribution in [0.15, 0.2) is 48.7 Å². The number of pyridine rings is 1. The van der Waals surface area contributed by atoms with Crippen LogP contribution in [0.1, 0.15) is 35.3 Å². The molecule has 0 radical (unpaired) electrons. The number of Topliss-reactive ketones (excluding diaryl/α,β-unsaturated/α-hetero) is 1. The van der Waals surface area contributed by atoms with Crippen molar-refractivity contribution in [2.75, 3.05) is 24.5 Å². The molecule has 1 fully saturated rings. The Morgan fingerprint density at radius 1 is 1.00 bits per heavy atom. The molecule has 0 atom stereocenters. The summed E-state index contributed by atoms with van der Waals surface area (Å²) < 4.78 is 36.7. The lowest BCUT2D eigenvalue weighted by Gasteiger charge is -2.33. The summed E-state index contributed by atoms with van der Waals surface area (Å²) in [7, 11) is 0. The van der Waals surface area contributed by atoms with Crippen LogP contribution in [0.2, 0.25) is 0 Å². The van der Waals surface area contributed by atoms with Crippen molar-refractivity contribution in [2.45, 2.75) is 32.0 Å². The zero-order chi connectivity index (χ0) is 23.1. The molecule has 0 spiro atoms. The lowest BCUT2D eigenvalue weighted by atomic mass is 10.1. The molecular formula is C22H23F3N4O3. The second kappa shape index (κ2) is 10.3. The van der Waals surface area contributed by atoms with Crippen LogP contribution in [0, 0.1) is 0 Å². The highest BCUT2D eigenvalue weighted by Gasteiger charge is 2.38. The number of para-hydroxylation sites is 1. The highest BCUT2D eigenvalue weighted by Crippen LogP contribution is 2.21. The number of hydrogen-bond acceptors (Lipinski definition) is 4. The largest absolute Gasteiger partial charge is 0.471 e. The van der Waals surface area contributed by atoms with E-state index in [4.69, 9.17) is 0 Å². The van der Waals surface area contributed by atoms with Crippen molar-refractivity contribution in [3.63, 3.8) is 0 Å². The van der Waals surface area contributed by atoms with Crippen LogP contribution in [0.25, 0.3) is 0 Å². The van der Waals surface area contributed by atoms with E-state index in [1.54, 1.807) is 15.1 Å². The number of urea groups is 1. The fourth-order valence-electron chi connectivity index (χ4n) is 3.34. The Balaban J connectivity index is 1.69. The van der Waals surface area contributed by atoms with Crippen molar-refractivity contribution in [1.29, 1.82) is 0 Å². The second-order valence-electron chi connectivity index (χ2n) is 7.39. The molecule has 10 heteroatoms. The molecule has 0 aliphatic carbocycles. The first-order valence-corrected chi connectivity index (χ1v) is 10.2. The van der Waals surface area contributed by atoms with Crippen molar-refractivity contribution >= 4 is 23.4 Å². The smallest absolute Gasteiger partial charge is 0.341 e. The van der Waals surface area contributed by atoms with Crippen molar-refractivity contribution in [1.82, 2.24) is 15.2 Å². The van der Waals surface area contributed by atoms with Gasteiger partial charge in [0, 0.05) is 30.5 Å². The number of piperidine rings is 1. The number of nitrogens with zero attached hydrogens (tertiary/aromatic N) is 3. The minimum absolute atomic E-state index is 0.0600. The predicted octanol–water partition coefficient (Wildman–Crippen LogP) is 3.56. The quantitative estimate of drug-likeness (QED) is 0.686. The molecular weight excluding hydrogens is 425 g/mol. The Labute approximate surface area is 183 Å². The van der Waals surface area contributed by atoms with E-state index in [0.717, 1.165) is 19.3 Å². The molecule has 32 heavy (non-hydrogen) atoms. The number of halogens is 3. The number of benzene rings is 1. The number of anilines is 1. The third-order valence-corrected chi connectivity index (χ3v) is 5.06. The number of ketones is 1. The number of aromatic nitrogens is 1. The van der Waals surface area contributed by atoms with Crippen LogP contribution in [-0.4, -0.2) is 53.4 Å². The summed E-state index contributed by atoms with van der Waals surface area (Å²) in [5, 5.41) is 1.54. The molecule has 1 N–H and O–H groups in total. The third-order valence-electron chi connectivity index (χ3n) is 5.06. The summed E-state index contributed by atoms with van der Waals surface area (Å²) in [5.41, 5.74) is 1.28. The number of alkyl halides is 3. The molecule has 0 bridgehead atoms. The third kappa shape index (κ3) is 6.05. The molecule has 170 valence electrons. The van der Waals surface area contributed by atoms with Crippen LogP contribution in [0.3, 0.4) is 0 Å². The van der Waals surface area contributed by atoms with Crippen LogP contribution < -0.4 is 10.2 Å². The van der Waals surface area contributed by atoms with Gasteiger partial charge in [0.1, 0.15) is 0 Å². The maximum absolute atomic E-state index is 13.1. The predicted molar refractivity (Wildman–Crippen MR) is 111 cm³/mol. The normalized spacial score (nSPS) is 14.0. The molecule has 1 aliphatic rings. The average molecular weight is 448 g/mol. The second-order valence-corrected chi connectivity index (χ2v) is 7.39. The molecule has 1 aromatic heterocycles. The Morgan fingerprint density at radius 2 is 1.69 bits per heavy atom. The van der Waals surface area contributed by atoms with Gasteiger partial charge in [0.25, 0.3) is 0 Å². The van der Waals surface area contributed by atoms with E-state index in [1.807, 2.05) is 30.3 Å². The van der Waals surface area contributed by atoms with Gasteiger partial charge in [-0.15, -0.1) is 0 Å². The van der Waals surface area contributed by atoms with Crippen molar-refractivity contribution < 1.29 is 27.6 Å². The minimum Gasteiger partial charge on any atom is -0.341 e. The Hall–Kier alpha value is -3.43. The molecule has 1 saturated heterocycles. The standard InChI is InChI=1S/C22H23F3N4O3/c23-22(24,25)20(31)27-14-19(30)16-9-10-17(26-13-16)15-29(18-7-3-1-4-8-18)21(32)28-11-5-2-6-12-28/h1,3-4,7-10,13H,2,5-6,11-12,14-15H2,(H,27,31). The van der Waals surface area contributed by atoms with Gasteiger partial charge in [-0.05, 0) is 43.5 Å². The number of rotatable bonds is 6. The van der Waals surface area contributed by atoms with Gasteiger partial charge in [-0.2, -0.15) is 13.2 Å². The Morgan fingerprint density at radius 3 is 2.28 bits per heavy atom. The topological polar surface area (TPSA) is 82.6 Å². The molecule has 1 aromatic carbocycles. The first-order chi connectivity index (χ1) is 15.3. The van der Waals surface area contributed by atoms with Gasteiger partial charge in [-0.3, -0.25) is 19.5 Å². The van der Waals surface area contributed by atoms with Crippen LogP contribution in [-0.2, 0) is 11.3 Å². The van der Waals surface area contributed by atoms with Crippen LogP contribution in [0.4, 0.5) is 23.7 Å². The Bertz CT molecular complexity index is 943. The first kappa shape index (κ1) is 23.2. The zero-order valence-corrected chi connectivity index (χ0v) is 17.3. The molecule has 0 unspecified atom stereocenters. The number of carbonyl (C=O) groups is 3. The summed E-state index contributed by atoms with van der Waals surface area (Å²) in [6, 6.07) is 12.0. The van der Waals surface area contributed by atoms with Crippen molar-refractivity contribution in [2.24, 2.45) is 0 Å². The summed E-state index contributed by atoms with van der Waals surface area (Å²) in [5.74, 6) is -2.88. The van der Waals surface area contributed by atoms with Gasteiger partial charge in [0.2, 0.25) is 0 Å². The molecule has 1 aliphatic heterocycles. The molecule has 0 saturated carbocycles. The van der Waals surface area contributed by atoms with Gasteiger partial charge in [-0.25, -0.2) is 4.79 Å². The van der Waals surface area contributed by atoms with Gasteiger partial charge < -0.3 is 10.2 Å². The van der Waals surface area contributed by atoms with E-state index in [-0.39, 0.29) is 18.1 Å². The highest BCUT2D eigenvalue weighted by molar-refractivity contribution is 5.99. The maximum atomic E-state index is 13.1. The molecule has 2 aromatic rings. The molecule has 3 rings (SSSR count).